The lowest BCUT2D eigenvalue weighted by atomic mass is 9.99. The van der Waals surface area contributed by atoms with E-state index in [2.05, 4.69) is 97.9 Å². The van der Waals surface area contributed by atoms with Gasteiger partial charge in [-0.1, -0.05) is 72.3 Å². The van der Waals surface area contributed by atoms with E-state index >= 15 is 0 Å². The van der Waals surface area contributed by atoms with Crippen LogP contribution < -0.4 is 0 Å². The molecule has 5 rings (SSSR count). The monoisotopic (exact) mass is 350 g/mol. The van der Waals surface area contributed by atoms with E-state index in [0.717, 1.165) is 0 Å². The highest BCUT2D eigenvalue weighted by molar-refractivity contribution is 7.25. The summed E-state index contributed by atoms with van der Waals surface area (Å²) in [5, 5.41) is 2.73. The van der Waals surface area contributed by atoms with Crippen LogP contribution in [0.25, 0.3) is 42.4 Å². The number of fused-ring (bicyclic) bond motifs is 3. The third-order valence-electron chi connectivity index (χ3n) is 4.95. The molecule has 124 valence electrons. The first-order chi connectivity index (χ1) is 12.8. The van der Waals surface area contributed by atoms with Gasteiger partial charge in [0.25, 0.3) is 0 Å². The summed E-state index contributed by atoms with van der Waals surface area (Å²) in [6.45, 7) is 2.16. The molecule has 0 saturated heterocycles. The molecule has 0 amide bonds. The zero-order valence-corrected chi connectivity index (χ0v) is 15.4. The standard InChI is InChI=1S/C25H18S/c1-17-7-13-24-22(15-17)23-16-21(12-14-25(23)26-24)20-10-8-19(9-11-20)18-5-3-2-4-6-18/h2-16H,1H3. The molecule has 0 saturated carbocycles. The second kappa shape index (κ2) is 6.12. The molecule has 0 unspecified atom stereocenters. The summed E-state index contributed by atoms with van der Waals surface area (Å²) in [5.41, 5.74) is 6.37. The molecule has 0 atom stereocenters. The SMILES string of the molecule is Cc1ccc2sc3ccc(-c4ccc(-c5ccccc5)cc4)cc3c2c1. The van der Waals surface area contributed by atoms with E-state index in [1.807, 2.05) is 11.3 Å². The second-order valence-corrected chi connectivity index (χ2v) is 7.84. The third-order valence-corrected chi connectivity index (χ3v) is 6.10. The van der Waals surface area contributed by atoms with Crippen molar-refractivity contribution >= 4 is 31.5 Å². The summed E-state index contributed by atoms with van der Waals surface area (Å²) in [6, 6.07) is 33.0. The number of hydrogen-bond acceptors (Lipinski definition) is 1. The van der Waals surface area contributed by atoms with Crippen LogP contribution in [-0.2, 0) is 0 Å². The van der Waals surface area contributed by atoms with E-state index in [4.69, 9.17) is 0 Å². The molecule has 0 aliphatic carbocycles. The Morgan fingerprint density at radius 1 is 0.500 bits per heavy atom. The van der Waals surface area contributed by atoms with Gasteiger partial charge in [-0.15, -0.1) is 11.3 Å². The fourth-order valence-electron chi connectivity index (χ4n) is 3.56. The predicted molar refractivity (Wildman–Crippen MR) is 115 cm³/mol. The second-order valence-electron chi connectivity index (χ2n) is 6.76. The Morgan fingerprint density at radius 2 is 1.04 bits per heavy atom. The number of benzene rings is 4. The maximum atomic E-state index is 2.34. The van der Waals surface area contributed by atoms with Gasteiger partial charge < -0.3 is 0 Å². The molecule has 0 aliphatic rings. The molecule has 1 heterocycles. The Morgan fingerprint density at radius 3 is 1.77 bits per heavy atom. The Balaban J connectivity index is 1.60. The first kappa shape index (κ1) is 15.4. The highest BCUT2D eigenvalue weighted by Gasteiger charge is 2.07. The van der Waals surface area contributed by atoms with E-state index in [1.54, 1.807) is 0 Å². The van der Waals surface area contributed by atoms with Gasteiger partial charge in [0.15, 0.2) is 0 Å². The Labute approximate surface area is 157 Å². The number of rotatable bonds is 2. The van der Waals surface area contributed by atoms with Gasteiger partial charge in [0.2, 0.25) is 0 Å². The summed E-state index contributed by atoms with van der Waals surface area (Å²) in [5.74, 6) is 0. The molecule has 1 aromatic heterocycles. The van der Waals surface area contributed by atoms with Gasteiger partial charge in [-0.05, 0) is 53.4 Å². The minimum Gasteiger partial charge on any atom is -0.135 e. The molecule has 0 aliphatic heterocycles. The molecule has 5 aromatic rings. The summed E-state index contributed by atoms with van der Waals surface area (Å²) in [7, 11) is 0. The van der Waals surface area contributed by atoms with Crippen LogP contribution >= 0.6 is 11.3 Å². The normalized spacial score (nSPS) is 11.3. The lowest BCUT2D eigenvalue weighted by molar-refractivity contribution is 1.52. The largest absolute Gasteiger partial charge is 0.135 e. The van der Waals surface area contributed by atoms with Crippen LogP contribution in [0.2, 0.25) is 0 Å². The Hall–Kier alpha value is -2.90. The van der Waals surface area contributed by atoms with Crippen molar-refractivity contribution in [3.8, 4) is 22.3 Å². The van der Waals surface area contributed by atoms with E-state index in [0.29, 0.717) is 0 Å². The van der Waals surface area contributed by atoms with Crippen molar-refractivity contribution in [1.29, 1.82) is 0 Å². The van der Waals surface area contributed by atoms with E-state index < -0.39 is 0 Å². The quantitative estimate of drug-likeness (QED) is 0.306. The van der Waals surface area contributed by atoms with Gasteiger partial charge in [-0.2, -0.15) is 0 Å². The zero-order chi connectivity index (χ0) is 17.5. The van der Waals surface area contributed by atoms with Crippen LogP contribution in [0.15, 0.2) is 91.0 Å². The maximum Gasteiger partial charge on any atom is 0.0355 e. The van der Waals surface area contributed by atoms with Gasteiger partial charge in [-0.3, -0.25) is 0 Å². The molecule has 0 radical (unpaired) electrons. The summed E-state index contributed by atoms with van der Waals surface area (Å²) >= 11 is 1.87. The maximum absolute atomic E-state index is 2.34. The van der Waals surface area contributed by atoms with Crippen LogP contribution in [0.1, 0.15) is 5.56 Å². The smallest absolute Gasteiger partial charge is 0.0355 e. The van der Waals surface area contributed by atoms with Crippen molar-refractivity contribution < 1.29 is 0 Å². The average Bonchev–Trinajstić information content (AvgIpc) is 3.06. The van der Waals surface area contributed by atoms with Crippen molar-refractivity contribution in [1.82, 2.24) is 0 Å². The van der Waals surface area contributed by atoms with Gasteiger partial charge in [-0.25, -0.2) is 0 Å². The van der Waals surface area contributed by atoms with Crippen molar-refractivity contribution in [3.05, 3.63) is 96.6 Å². The Kier molecular flexibility index (Phi) is 3.62. The van der Waals surface area contributed by atoms with E-state index in [1.165, 1.54) is 48.0 Å². The summed E-state index contributed by atoms with van der Waals surface area (Å²) in [4.78, 5) is 0. The molecular formula is C25H18S. The number of hydrogen-bond donors (Lipinski definition) is 0. The van der Waals surface area contributed by atoms with Crippen LogP contribution in [0, 0.1) is 6.92 Å². The molecule has 0 fully saturated rings. The summed E-state index contributed by atoms with van der Waals surface area (Å²) < 4.78 is 2.72. The molecule has 0 nitrogen and oxygen atoms in total. The highest BCUT2D eigenvalue weighted by atomic mass is 32.1. The fourth-order valence-corrected chi connectivity index (χ4v) is 4.62. The van der Waals surface area contributed by atoms with Crippen molar-refractivity contribution in [2.75, 3.05) is 0 Å². The molecule has 0 spiro atoms. The van der Waals surface area contributed by atoms with Gasteiger partial charge in [0, 0.05) is 20.2 Å². The number of thiophene rings is 1. The molecule has 0 bridgehead atoms. The minimum atomic E-state index is 1.26. The molecule has 4 aromatic carbocycles. The van der Waals surface area contributed by atoms with Crippen LogP contribution in [0.5, 0.6) is 0 Å². The lowest BCUT2D eigenvalue weighted by Crippen LogP contribution is -1.80. The first-order valence-corrected chi connectivity index (χ1v) is 9.68. The van der Waals surface area contributed by atoms with E-state index in [9.17, 15) is 0 Å². The Bertz CT molecular complexity index is 1210. The number of aryl methyl sites for hydroxylation is 1. The first-order valence-electron chi connectivity index (χ1n) is 8.87. The van der Waals surface area contributed by atoms with Crippen molar-refractivity contribution in [2.24, 2.45) is 0 Å². The zero-order valence-electron chi connectivity index (χ0n) is 14.6. The van der Waals surface area contributed by atoms with E-state index in [-0.39, 0.29) is 0 Å². The minimum absolute atomic E-state index is 1.26. The fraction of sp³-hybridized carbons (Fsp3) is 0.0400. The van der Waals surface area contributed by atoms with Gasteiger partial charge in [0.05, 0.1) is 0 Å². The molecule has 0 N–H and O–H groups in total. The topological polar surface area (TPSA) is 0 Å². The lowest BCUT2D eigenvalue weighted by Gasteiger charge is -2.06. The van der Waals surface area contributed by atoms with Gasteiger partial charge in [0.1, 0.15) is 0 Å². The average molecular weight is 350 g/mol. The highest BCUT2D eigenvalue weighted by Crippen LogP contribution is 2.37. The summed E-state index contributed by atoms with van der Waals surface area (Å²) in [6.07, 6.45) is 0. The van der Waals surface area contributed by atoms with Crippen LogP contribution in [0.4, 0.5) is 0 Å². The van der Waals surface area contributed by atoms with Crippen molar-refractivity contribution in [2.45, 2.75) is 6.92 Å². The predicted octanol–water partition coefficient (Wildman–Crippen LogP) is 7.70. The third kappa shape index (κ3) is 2.61. The molecular weight excluding hydrogens is 332 g/mol. The molecule has 26 heavy (non-hydrogen) atoms. The van der Waals surface area contributed by atoms with Crippen LogP contribution in [-0.4, -0.2) is 0 Å². The van der Waals surface area contributed by atoms with Crippen LogP contribution in [0.3, 0.4) is 0 Å². The van der Waals surface area contributed by atoms with Gasteiger partial charge >= 0.3 is 0 Å². The molecule has 1 heteroatoms. The van der Waals surface area contributed by atoms with Crippen molar-refractivity contribution in [3.63, 3.8) is 0 Å².